The van der Waals surface area contributed by atoms with Crippen molar-refractivity contribution in [3.05, 3.63) is 41.8 Å². The highest BCUT2D eigenvalue weighted by atomic mass is 16.5. The molecular weight excluding hydrogens is 286 g/mol. The van der Waals surface area contributed by atoms with Gasteiger partial charge in [-0.05, 0) is 19.1 Å². The summed E-state index contributed by atoms with van der Waals surface area (Å²) in [5.74, 6) is 0.486. The van der Waals surface area contributed by atoms with Crippen molar-refractivity contribution >= 4 is 17.5 Å². The van der Waals surface area contributed by atoms with E-state index < -0.39 is 0 Å². The summed E-state index contributed by atoms with van der Waals surface area (Å²) in [6.45, 7) is 1.60. The van der Waals surface area contributed by atoms with E-state index in [9.17, 15) is 9.59 Å². The topological polar surface area (TPSA) is 84.7 Å². The molecule has 7 nitrogen and oxygen atoms in total. The van der Waals surface area contributed by atoms with E-state index in [0.29, 0.717) is 17.2 Å². The molecule has 22 heavy (non-hydrogen) atoms. The number of carbonyl (C=O) groups is 2. The van der Waals surface area contributed by atoms with Crippen molar-refractivity contribution in [2.24, 2.45) is 0 Å². The highest BCUT2D eigenvalue weighted by molar-refractivity contribution is 5.98. The standard InChI is InChI=1S/C15H17N3O4/c1-10-7-13(17-22-10)15(20)18(2)9-14(19)16-11-5-4-6-12(8-11)21-3/h4-8H,9H2,1-3H3,(H,16,19). The molecule has 1 aromatic heterocycles. The van der Waals surface area contributed by atoms with Gasteiger partial charge in [0, 0.05) is 24.9 Å². The number of aryl methyl sites for hydroxylation is 1. The van der Waals surface area contributed by atoms with Crippen LogP contribution in [0.1, 0.15) is 16.2 Å². The van der Waals surface area contributed by atoms with Crippen LogP contribution in [0.4, 0.5) is 5.69 Å². The van der Waals surface area contributed by atoms with Crippen molar-refractivity contribution in [3.63, 3.8) is 0 Å². The van der Waals surface area contributed by atoms with Gasteiger partial charge in [-0.15, -0.1) is 0 Å². The lowest BCUT2D eigenvalue weighted by Gasteiger charge is -2.15. The van der Waals surface area contributed by atoms with Crippen LogP contribution in [0.5, 0.6) is 5.75 Å². The van der Waals surface area contributed by atoms with E-state index in [4.69, 9.17) is 9.26 Å². The normalized spacial score (nSPS) is 10.1. The minimum absolute atomic E-state index is 0.0953. The molecule has 116 valence electrons. The first-order chi connectivity index (χ1) is 10.5. The summed E-state index contributed by atoms with van der Waals surface area (Å²) in [6.07, 6.45) is 0. The number of rotatable bonds is 5. The van der Waals surface area contributed by atoms with Gasteiger partial charge in [0.25, 0.3) is 5.91 Å². The average Bonchev–Trinajstić information content (AvgIpc) is 2.93. The summed E-state index contributed by atoms with van der Waals surface area (Å²) in [5, 5.41) is 6.34. The molecule has 0 unspecified atom stereocenters. The SMILES string of the molecule is COc1cccc(NC(=O)CN(C)C(=O)c2cc(C)on2)c1. The zero-order valence-corrected chi connectivity index (χ0v) is 12.6. The molecule has 2 amide bonds. The highest BCUT2D eigenvalue weighted by Crippen LogP contribution is 2.16. The Labute approximate surface area is 127 Å². The van der Waals surface area contributed by atoms with Gasteiger partial charge in [0.15, 0.2) is 5.69 Å². The van der Waals surface area contributed by atoms with Crippen LogP contribution in [0.15, 0.2) is 34.9 Å². The lowest BCUT2D eigenvalue weighted by Crippen LogP contribution is -2.35. The largest absolute Gasteiger partial charge is 0.497 e. The van der Waals surface area contributed by atoms with Crippen LogP contribution < -0.4 is 10.1 Å². The molecule has 0 atom stereocenters. The van der Waals surface area contributed by atoms with E-state index >= 15 is 0 Å². The summed E-state index contributed by atoms with van der Waals surface area (Å²) < 4.78 is 9.93. The van der Waals surface area contributed by atoms with Gasteiger partial charge in [-0.3, -0.25) is 9.59 Å². The van der Waals surface area contributed by atoms with E-state index in [0.717, 1.165) is 0 Å². The van der Waals surface area contributed by atoms with Crippen molar-refractivity contribution in [1.82, 2.24) is 10.1 Å². The van der Waals surface area contributed by atoms with Gasteiger partial charge in [0.2, 0.25) is 5.91 Å². The Balaban J connectivity index is 1.94. The fourth-order valence-electron chi connectivity index (χ4n) is 1.85. The van der Waals surface area contributed by atoms with Gasteiger partial charge in [-0.25, -0.2) is 0 Å². The maximum absolute atomic E-state index is 12.0. The average molecular weight is 303 g/mol. The molecule has 0 saturated heterocycles. The van der Waals surface area contributed by atoms with Crippen molar-refractivity contribution < 1.29 is 18.8 Å². The third-order valence-electron chi connectivity index (χ3n) is 2.93. The predicted octanol–water partition coefficient (Wildman–Crippen LogP) is 1.70. The van der Waals surface area contributed by atoms with Crippen LogP contribution in [0.2, 0.25) is 0 Å². The second-order valence-electron chi connectivity index (χ2n) is 4.76. The number of methoxy groups -OCH3 is 1. The van der Waals surface area contributed by atoms with Crippen molar-refractivity contribution in [3.8, 4) is 5.75 Å². The van der Waals surface area contributed by atoms with E-state index in [1.54, 1.807) is 38.3 Å². The van der Waals surface area contributed by atoms with E-state index in [1.165, 1.54) is 18.0 Å². The molecule has 0 radical (unpaired) electrons. The molecule has 7 heteroatoms. The number of ether oxygens (including phenoxy) is 1. The maximum atomic E-state index is 12.0. The van der Waals surface area contributed by atoms with Gasteiger partial charge in [0.05, 0.1) is 13.7 Å². The molecule has 0 spiro atoms. The summed E-state index contributed by atoms with van der Waals surface area (Å²) in [5.41, 5.74) is 0.775. The third kappa shape index (κ3) is 3.85. The number of hydrogen-bond acceptors (Lipinski definition) is 5. The van der Waals surface area contributed by atoms with Crippen LogP contribution in [0, 0.1) is 6.92 Å². The molecule has 0 fully saturated rings. The Morgan fingerprint density at radius 3 is 2.77 bits per heavy atom. The lowest BCUT2D eigenvalue weighted by atomic mass is 10.3. The van der Waals surface area contributed by atoms with Crippen LogP contribution >= 0.6 is 0 Å². The number of amides is 2. The smallest absolute Gasteiger partial charge is 0.276 e. The van der Waals surface area contributed by atoms with Crippen LogP contribution in [0.3, 0.4) is 0 Å². The van der Waals surface area contributed by atoms with Gasteiger partial charge in [0.1, 0.15) is 11.5 Å². The number of carbonyl (C=O) groups excluding carboxylic acids is 2. The molecule has 0 aliphatic heterocycles. The lowest BCUT2D eigenvalue weighted by molar-refractivity contribution is -0.116. The fourth-order valence-corrected chi connectivity index (χ4v) is 1.85. The molecule has 2 rings (SSSR count). The minimum atomic E-state index is -0.377. The molecule has 1 N–H and O–H groups in total. The number of aromatic nitrogens is 1. The monoisotopic (exact) mass is 303 g/mol. The third-order valence-corrected chi connectivity index (χ3v) is 2.93. The first-order valence-corrected chi connectivity index (χ1v) is 6.62. The Hall–Kier alpha value is -2.83. The van der Waals surface area contributed by atoms with Crippen LogP contribution in [-0.2, 0) is 4.79 Å². The van der Waals surface area contributed by atoms with Gasteiger partial charge in [-0.2, -0.15) is 0 Å². The molecule has 0 aliphatic rings. The second kappa shape index (κ2) is 6.75. The molecular formula is C15H17N3O4. The van der Waals surface area contributed by atoms with E-state index in [-0.39, 0.29) is 24.1 Å². The number of anilines is 1. The van der Waals surface area contributed by atoms with Crippen molar-refractivity contribution in [1.29, 1.82) is 0 Å². The second-order valence-corrected chi connectivity index (χ2v) is 4.76. The molecule has 1 aromatic carbocycles. The first-order valence-electron chi connectivity index (χ1n) is 6.62. The van der Waals surface area contributed by atoms with Crippen LogP contribution in [0.25, 0.3) is 0 Å². The summed E-state index contributed by atoms with van der Waals surface area (Å²) in [6, 6.07) is 8.50. The number of nitrogens with zero attached hydrogens (tertiary/aromatic N) is 2. The quantitative estimate of drug-likeness (QED) is 0.908. The van der Waals surface area contributed by atoms with Gasteiger partial charge in [-0.1, -0.05) is 11.2 Å². The Kier molecular flexibility index (Phi) is 4.77. The Bertz CT molecular complexity index is 681. The van der Waals surface area contributed by atoms with Crippen molar-refractivity contribution in [2.75, 3.05) is 26.0 Å². The zero-order chi connectivity index (χ0) is 16.1. The zero-order valence-electron chi connectivity index (χ0n) is 12.6. The number of hydrogen-bond donors (Lipinski definition) is 1. The number of benzene rings is 1. The predicted molar refractivity (Wildman–Crippen MR) is 79.8 cm³/mol. The van der Waals surface area contributed by atoms with Crippen LogP contribution in [-0.4, -0.2) is 42.6 Å². The van der Waals surface area contributed by atoms with E-state index in [1.807, 2.05) is 0 Å². The maximum Gasteiger partial charge on any atom is 0.276 e. The fraction of sp³-hybridized carbons (Fsp3) is 0.267. The Morgan fingerprint density at radius 1 is 1.36 bits per heavy atom. The molecule has 1 heterocycles. The first kappa shape index (κ1) is 15.6. The Morgan fingerprint density at radius 2 is 2.14 bits per heavy atom. The molecule has 0 saturated carbocycles. The number of likely N-dealkylation sites (N-methyl/N-ethyl adjacent to an activating group) is 1. The molecule has 0 aliphatic carbocycles. The summed E-state index contributed by atoms with van der Waals surface area (Å²) in [7, 11) is 3.07. The van der Waals surface area contributed by atoms with Gasteiger partial charge < -0.3 is 19.5 Å². The van der Waals surface area contributed by atoms with E-state index in [2.05, 4.69) is 10.5 Å². The minimum Gasteiger partial charge on any atom is -0.497 e. The molecule has 2 aromatic rings. The van der Waals surface area contributed by atoms with Gasteiger partial charge >= 0.3 is 0 Å². The molecule has 0 bridgehead atoms. The number of nitrogens with one attached hydrogen (secondary N) is 1. The highest BCUT2D eigenvalue weighted by Gasteiger charge is 2.18. The van der Waals surface area contributed by atoms with Crippen molar-refractivity contribution in [2.45, 2.75) is 6.92 Å². The summed E-state index contributed by atoms with van der Waals surface area (Å²) >= 11 is 0. The summed E-state index contributed by atoms with van der Waals surface area (Å²) in [4.78, 5) is 25.3.